The van der Waals surface area contributed by atoms with Gasteiger partial charge < -0.3 is 20.7 Å². The van der Waals surface area contributed by atoms with Crippen molar-refractivity contribution in [3.63, 3.8) is 0 Å². The van der Waals surface area contributed by atoms with Gasteiger partial charge in [0.05, 0.1) is 18.8 Å². The van der Waals surface area contributed by atoms with Crippen LogP contribution in [0.15, 0.2) is 33.9 Å². The second kappa shape index (κ2) is 9.63. The number of likely N-dealkylation sites (N-methyl/N-ethyl adjacent to an activating group) is 1. The van der Waals surface area contributed by atoms with Crippen LogP contribution in [0.1, 0.15) is 26.7 Å². The highest BCUT2D eigenvalue weighted by Crippen LogP contribution is 2.23. The maximum absolute atomic E-state index is 12.5. The number of nitrogen functional groups attached to an aromatic ring is 1. The highest BCUT2D eigenvalue weighted by molar-refractivity contribution is 5.95. The molecule has 1 aromatic carbocycles. The maximum Gasteiger partial charge on any atom is 0.330 e. The van der Waals surface area contributed by atoms with Crippen molar-refractivity contribution in [1.82, 2.24) is 9.55 Å². The summed E-state index contributed by atoms with van der Waals surface area (Å²) in [6.07, 6.45) is 1.62. The number of benzene rings is 1. The summed E-state index contributed by atoms with van der Waals surface area (Å²) in [7, 11) is 1.57. The molecule has 0 fully saturated rings. The van der Waals surface area contributed by atoms with Gasteiger partial charge in [0.1, 0.15) is 17.3 Å². The second-order valence-corrected chi connectivity index (χ2v) is 6.33. The van der Waals surface area contributed by atoms with E-state index >= 15 is 0 Å². The molecule has 4 N–H and O–H groups in total. The quantitative estimate of drug-likeness (QED) is 0.596. The summed E-state index contributed by atoms with van der Waals surface area (Å²) in [5.74, 6) is 0.262. The molecule has 0 aliphatic carbocycles. The van der Waals surface area contributed by atoms with Crippen molar-refractivity contribution in [3.8, 4) is 5.75 Å². The minimum atomic E-state index is -0.625. The molecule has 0 bridgehead atoms. The molecule has 28 heavy (non-hydrogen) atoms. The lowest BCUT2D eigenvalue weighted by atomic mass is 10.3. The average molecular weight is 389 g/mol. The predicted molar refractivity (Wildman–Crippen MR) is 110 cm³/mol. The Morgan fingerprint density at radius 2 is 2.00 bits per heavy atom. The fourth-order valence-corrected chi connectivity index (χ4v) is 2.82. The monoisotopic (exact) mass is 389 g/mol. The van der Waals surface area contributed by atoms with Crippen LogP contribution >= 0.6 is 0 Å². The molecule has 1 amide bonds. The number of aromatic nitrogens is 2. The molecule has 0 unspecified atom stereocenters. The summed E-state index contributed by atoms with van der Waals surface area (Å²) in [4.78, 5) is 40.4. The third kappa shape index (κ3) is 4.93. The van der Waals surface area contributed by atoms with Gasteiger partial charge in [0.2, 0.25) is 5.91 Å². The standard InChI is InChI=1S/C19H27N5O4/c1-4-6-11-24-17(20)16(18(26)22-19(24)27)23(3)12-15(25)21-13-9-7-8-10-14(13)28-5-2/h7-10H,4-6,11-12,20H2,1-3H3,(H,21,25)(H,22,26,27). The summed E-state index contributed by atoms with van der Waals surface area (Å²) in [5.41, 5.74) is 5.52. The van der Waals surface area contributed by atoms with Crippen molar-refractivity contribution in [2.75, 3.05) is 36.1 Å². The number of ether oxygens (including phenoxy) is 1. The van der Waals surface area contributed by atoms with Crippen molar-refractivity contribution in [2.24, 2.45) is 0 Å². The minimum absolute atomic E-state index is 0.0483. The smallest absolute Gasteiger partial charge is 0.330 e. The van der Waals surface area contributed by atoms with E-state index in [2.05, 4.69) is 10.3 Å². The normalized spacial score (nSPS) is 10.5. The van der Waals surface area contributed by atoms with Crippen LogP contribution in [0.5, 0.6) is 5.75 Å². The summed E-state index contributed by atoms with van der Waals surface area (Å²) >= 11 is 0. The first-order valence-corrected chi connectivity index (χ1v) is 9.24. The molecule has 0 radical (unpaired) electrons. The highest BCUT2D eigenvalue weighted by atomic mass is 16.5. The molecule has 9 heteroatoms. The Morgan fingerprint density at radius 3 is 2.68 bits per heavy atom. The lowest BCUT2D eigenvalue weighted by molar-refractivity contribution is -0.114. The molecular weight excluding hydrogens is 362 g/mol. The van der Waals surface area contributed by atoms with Gasteiger partial charge >= 0.3 is 5.69 Å². The van der Waals surface area contributed by atoms with E-state index in [0.29, 0.717) is 24.6 Å². The molecule has 152 valence electrons. The maximum atomic E-state index is 12.5. The molecule has 0 spiro atoms. The molecule has 9 nitrogen and oxygen atoms in total. The first kappa shape index (κ1) is 21.1. The number of aromatic amines is 1. The van der Waals surface area contributed by atoms with E-state index in [1.165, 1.54) is 9.47 Å². The first-order chi connectivity index (χ1) is 13.4. The molecule has 1 aromatic heterocycles. The number of hydrogen-bond acceptors (Lipinski definition) is 6. The largest absolute Gasteiger partial charge is 0.492 e. The number of carbonyl (C=O) groups is 1. The third-order valence-corrected chi connectivity index (χ3v) is 4.17. The second-order valence-electron chi connectivity index (χ2n) is 6.33. The Labute approximate surface area is 163 Å². The number of rotatable bonds is 9. The number of unbranched alkanes of at least 4 members (excludes halogenated alkanes) is 1. The highest BCUT2D eigenvalue weighted by Gasteiger charge is 2.18. The average Bonchev–Trinajstić information content (AvgIpc) is 2.63. The topological polar surface area (TPSA) is 122 Å². The molecular formula is C19H27N5O4. The van der Waals surface area contributed by atoms with E-state index in [1.807, 2.05) is 19.9 Å². The fraction of sp³-hybridized carbons (Fsp3) is 0.421. The van der Waals surface area contributed by atoms with Crippen LogP contribution in [0.2, 0.25) is 0 Å². The van der Waals surface area contributed by atoms with Crippen LogP contribution in [-0.4, -0.2) is 35.7 Å². The number of nitrogens with one attached hydrogen (secondary N) is 2. The van der Waals surface area contributed by atoms with Gasteiger partial charge in [-0.1, -0.05) is 25.5 Å². The van der Waals surface area contributed by atoms with Crippen molar-refractivity contribution >= 4 is 23.1 Å². The van der Waals surface area contributed by atoms with Crippen molar-refractivity contribution in [2.45, 2.75) is 33.2 Å². The summed E-state index contributed by atoms with van der Waals surface area (Å²) in [6.45, 7) is 4.59. The first-order valence-electron chi connectivity index (χ1n) is 9.24. The Hall–Kier alpha value is -3.23. The van der Waals surface area contributed by atoms with Gasteiger partial charge in [0.15, 0.2) is 0 Å². The number of H-pyrrole nitrogens is 1. The van der Waals surface area contributed by atoms with E-state index < -0.39 is 11.2 Å². The van der Waals surface area contributed by atoms with Crippen LogP contribution < -0.4 is 31.9 Å². The number of para-hydroxylation sites is 2. The van der Waals surface area contributed by atoms with Crippen LogP contribution in [0.3, 0.4) is 0 Å². The van der Waals surface area contributed by atoms with Gasteiger partial charge in [-0.2, -0.15) is 0 Å². The van der Waals surface area contributed by atoms with Crippen molar-refractivity contribution in [1.29, 1.82) is 0 Å². The van der Waals surface area contributed by atoms with E-state index in [4.69, 9.17) is 10.5 Å². The molecule has 0 aliphatic heterocycles. The number of carbonyl (C=O) groups excluding carboxylic acids is 1. The minimum Gasteiger partial charge on any atom is -0.492 e. The molecule has 1 heterocycles. The molecule has 0 aliphatic rings. The lowest BCUT2D eigenvalue weighted by Crippen LogP contribution is -2.39. The van der Waals surface area contributed by atoms with E-state index in [1.54, 1.807) is 25.2 Å². The Balaban J connectivity index is 2.21. The number of hydrogen-bond donors (Lipinski definition) is 3. The predicted octanol–water partition coefficient (Wildman–Crippen LogP) is 1.39. The summed E-state index contributed by atoms with van der Waals surface area (Å²) in [5, 5.41) is 2.77. The summed E-state index contributed by atoms with van der Waals surface area (Å²) in [6, 6.07) is 7.09. The van der Waals surface area contributed by atoms with E-state index in [0.717, 1.165) is 12.8 Å². The van der Waals surface area contributed by atoms with Gasteiger partial charge in [-0.05, 0) is 25.5 Å². The fourth-order valence-electron chi connectivity index (χ4n) is 2.82. The molecule has 2 rings (SSSR count). The van der Waals surface area contributed by atoms with Crippen LogP contribution in [0.4, 0.5) is 17.2 Å². The molecule has 0 atom stereocenters. The van der Waals surface area contributed by atoms with Crippen LogP contribution in [0, 0.1) is 0 Å². The number of anilines is 3. The van der Waals surface area contributed by atoms with Crippen molar-refractivity contribution < 1.29 is 9.53 Å². The molecule has 2 aromatic rings. The van der Waals surface area contributed by atoms with Crippen LogP contribution in [-0.2, 0) is 11.3 Å². The molecule has 0 saturated heterocycles. The van der Waals surface area contributed by atoms with Gasteiger partial charge in [0.25, 0.3) is 5.56 Å². The lowest BCUT2D eigenvalue weighted by Gasteiger charge is -2.21. The Bertz CT molecular complexity index is 935. The summed E-state index contributed by atoms with van der Waals surface area (Å²) < 4.78 is 6.81. The Kier molecular flexibility index (Phi) is 7.25. The van der Waals surface area contributed by atoms with Crippen LogP contribution in [0.25, 0.3) is 0 Å². The van der Waals surface area contributed by atoms with Gasteiger partial charge in [-0.25, -0.2) is 4.79 Å². The zero-order valence-electron chi connectivity index (χ0n) is 16.4. The zero-order valence-corrected chi connectivity index (χ0v) is 16.4. The number of nitrogens with two attached hydrogens (primary N) is 1. The number of amides is 1. The third-order valence-electron chi connectivity index (χ3n) is 4.17. The van der Waals surface area contributed by atoms with E-state index in [9.17, 15) is 14.4 Å². The van der Waals surface area contributed by atoms with Gasteiger partial charge in [-0.3, -0.25) is 19.1 Å². The van der Waals surface area contributed by atoms with Gasteiger partial charge in [0, 0.05) is 13.6 Å². The van der Waals surface area contributed by atoms with Crippen molar-refractivity contribution in [3.05, 3.63) is 45.1 Å². The zero-order chi connectivity index (χ0) is 20.7. The SMILES string of the molecule is CCCCn1c(N)c(N(C)CC(=O)Nc2ccccc2OCC)c(=O)[nH]c1=O. The Morgan fingerprint density at radius 1 is 1.29 bits per heavy atom. The molecule has 0 saturated carbocycles. The van der Waals surface area contributed by atoms with E-state index in [-0.39, 0.29) is 24.0 Å². The van der Waals surface area contributed by atoms with Gasteiger partial charge in [-0.15, -0.1) is 0 Å². The number of nitrogens with zero attached hydrogens (tertiary/aromatic N) is 2.